The highest BCUT2D eigenvalue weighted by Crippen LogP contribution is 2.19. The number of carbonyl (C=O) groups is 3. The number of hydrogen-bond donors (Lipinski definition) is 1. The minimum Gasteiger partial charge on any atom is -0.458 e. The third-order valence-corrected chi connectivity index (χ3v) is 5.30. The predicted molar refractivity (Wildman–Crippen MR) is 128 cm³/mol. The molecule has 0 aliphatic carbocycles. The van der Waals surface area contributed by atoms with Crippen molar-refractivity contribution in [3.63, 3.8) is 0 Å². The first-order chi connectivity index (χ1) is 15.2. The van der Waals surface area contributed by atoms with Gasteiger partial charge in [0, 0.05) is 25.8 Å². The number of benzene rings is 2. The average Bonchev–Trinajstić information content (AvgIpc) is 2.74. The molecule has 0 aliphatic rings. The second-order valence-corrected chi connectivity index (χ2v) is 9.66. The number of thioether (sulfide) groups is 1. The first kappa shape index (κ1) is 25.5. The molecule has 2 aromatic carbocycles. The van der Waals surface area contributed by atoms with E-state index in [-0.39, 0.29) is 11.1 Å². The molecule has 6 nitrogen and oxygen atoms in total. The summed E-state index contributed by atoms with van der Waals surface area (Å²) >= 11 is 1.18. The molecule has 2 rings (SSSR count). The number of hydrogen-bond acceptors (Lipinski definition) is 5. The summed E-state index contributed by atoms with van der Waals surface area (Å²) in [5.74, 6) is -0.0295. The van der Waals surface area contributed by atoms with Crippen LogP contribution >= 0.6 is 11.8 Å². The highest BCUT2D eigenvalue weighted by molar-refractivity contribution is 8.13. The number of nitrogens with zero attached hydrogens (tertiary/aromatic N) is 1. The molecular formula is C25H32N2O4S. The van der Waals surface area contributed by atoms with Crippen molar-refractivity contribution >= 4 is 28.9 Å². The minimum absolute atomic E-state index is 0.00401. The van der Waals surface area contributed by atoms with Crippen molar-refractivity contribution in [1.82, 2.24) is 10.2 Å². The van der Waals surface area contributed by atoms with Gasteiger partial charge < -0.3 is 15.0 Å². The van der Waals surface area contributed by atoms with Crippen LogP contribution in [-0.4, -0.2) is 46.5 Å². The van der Waals surface area contributed by atoms with Gasteiger partial charge in [0.25, 0.3) is 0 Å². The molecule has 1 unspecified atom stereocenters. The second kappa shape index (κ2) is 12.3. The van der Waals surface area contributed by atoms with Gasteiger partial charge in [-0.25, -0.2) is 9.59 Å². The molecule has 1 atom stereocenters. The number of urea groups is 1. The molecule has 0 radical (unpaired) electrons. The maximum atomic E-state index is 13.2. The van der Waals surface area contributed by atoms with E-state index in [4.69, 9.17) is 4.74 Å². The Hall–Kier alpha value is -2.80. The lowest BCUT2D eigenvalue weighted by Crippen LogP contribution is -2.46. The van der Waals surface area contributed by atoms with Crippen LogP contribution in [0.25, 0.3) is 0 Å². The average molecular weight is 457 g/mol. The molecule has 2 amide bonds. The summed E-state index contributed by atoms with van der Waals surface area (Å²) in [5, 5.41) is 2.85. The Morgan fingerprint density at radius 1 is 0.969 bits per heavy atom. The molecular weight excluding hydrogens is 424 g/mol. The third-order valence-electron chi connectivity index (χ3n) is 4.51. The Balaban J connectivity index is 2.17. The highest BCUT2D eigenvalue weighted by atomic mass is 32.2. The normalized spacial score (nSPS) is 12.0. The van der Waals surface area contributed by atoms with Crippen molar-refractivity contribution in [1.29, 1.82) is 0 Å². The van der Waals surface area contributed by atoms with Crippen molar-refractivity contribution in [2.45, 2.75) is 45.8 Å². The topological polar surface area (TPSA) is 75.7 Å². The zero-order valence-electron chi connectivity index (χ0n) is 19.2. The SMILES string of the molecule is CC(=O)SCCN(CCc1ccccc1)C(=O)NC(C(=O)OC(C)(C)C)c1ccccc1. The number of ether oxygens (including phenoxy) is 1. The molecule has 1 N–H and O–H groups in total. The Bertz CT molecular complexity index is 882. The minimum atomic E-state index is -0.928. The van der Waals surface area contributed by atoms with Gasteiger partial charge in [0.1, 0.15) is 5.60 Å². The van der Waals surface area contributed by atoms with E-state index in [1.54, 1.807) is 37.8 Å². The summed E-state index contributed by atoms with van der Waals surface area (Å²) < 4.78 is 5.56. The van der Waals surface area contributed by atoms with Crippen LogP contribution in [0.1, 0.15) is 44.9 Å². The lowest BCUT2D eigenvalue weighted by atomic mass is 10.1. The van der Waals surface area contributed by atoms with Crippen LogP contribution in [0, 0.1) is 0 Å². The van der Waals surface area contributed by atoms with Crippen LogP contribution in [0.2, 0.25) is 0 Å². The maximum absolute atomic E-state index is 13.2. The Kier molecular flexibility index (Phi) is 9.78. The summed E-state index contributed by atoms with van der Waals surface area (Å²) in [6.07, 6.45) is 0.668. The van der Waals surface area contributed by atoms with Crippen molar-refractivity contribution in [3.8, 4) is 0 Å². The molecule has 0 spiro atoms. The monoisotopic (exact) mass is 456 g/mol. The molecule has 0 saturated heterocycles. The van der Waals surface area contributed by atoms with E-state index in [1.807, 2.05) is 48.5 Å². The van der Waals surface area contributed by atoms with Gasteiger partial charge in [-0.3, -0.25) is 4.79 Å². The Morgan fingerprint density at radius 3 is 2.12 bits per heavy atom. The van der Waals surface area contributed by atoms with Crippen molar-refractivity contribution < 1.29 is 19.1 Å². The fraction of sp³-hybridized carbons (Fsp3) is 0.400. The summed E-state index contributed by atoms with van der Waals surface area (Å²) in [6, 6.07) is 17.6. The zero-order valence-corrected chi connectivity index (χ0v) is 20.0. The first-order valence-corrected chi connectivity index (χ1v) is 11.6. The predicted octanol–water partition coefficient (Wildman–Crippen LogP) is 4.60. The molecule has 32 heavy (non-hydrogen) atoms. The van der Waals surface area contributed by atoms with E-state index in [1.165, 1.54) is 18.7 Å². The fourth-order valence-corrected chi connectivity index (χ4v) is 3.62. The van der Waals surface area contributed by atoms with Crippen molar-refractivity contribution in [3.05, 3.63) is 71.8 Å². The van der Waals surface area contributed by atoms with Crippen LogP contribution in [0.15, 0.2) is 60.7 Å². The van der Waals surface area contributed by atoms with Gasteiger partial charge in [-0.15, -0.1) is 0 Å². The Morgan fingerprint density at radius 2 is 1.56 bits per heavy atom. The maximum Gasteiger partial charge on any atom is 0.333 e. The summed E-state index contributed by atoms with van der Waals surface area (Å²) in [5.41, 5.74) is 1.08. The van der Waals surface area contributed by atoms with Gasteiger partial charge in [0.15, 0.2) is 11.2 Å². The molecule has 7 heteroatoms. The molecule has 172 valence electrons. The largest absolute Gasteiger partial charge is 0.458 e. The van der Waals surface area contributed by atoms with Gasteiger partial charge in [-0.05, 0) is 38.3 Å². The van der Waals surface area contributed by atoms with E-state index in [9.17, 15) is 14.4 Å². The number of amides is 2. The second-order valence-electron chi connectivity index (χ2n) is 8.39. The lowest BCUT2D eigenvalue weighted by molar-refractivity contribution is -0.157. The van der Waals surface area contributed by atoms with Crippen molar-refractivity contribution in [2.24, 2.45) is 0 Å². The summed E-state index contributed by atoms with van der Waals surface area (Å²) in [7, 11) is 0. The van der Waals surface area contributed by atoms with Crippen LogP contribution in [0.4, 0.5) is 4.79 Å². The quantitative estimate of drug-likeness (QED) is 0.558. The van der Waals surface area contributed by atoms with Gasteiger partial charge in [0.2, 0.25) is 0 Å². The van der Waals surface area contributed by atoms with Gasteiger partial charge >= 0.3 is 12.0 Å². The molecule has 0 fully saturated rings. The number of carbonyl (C=O) groups excluding carboxylic acids is 3. The Labute approximate surface area is 194 Å². The molecule has 0 bridgehead atoms. The van der Waals surface area contributed by atoms with E-state index in [0.29, 0.717) is 30.8 Å². The summed E-state index contributed by atoms with van der Waals surface area (Å²) in [6.45, 7) is 7.73. The summed E-state index contributed by atoms with van der Waals surface area (Å²) in [4.78, 5) is 39.1. The third kappa shape index (κ3) is 9.14. The zero-order chi connectivity index (χ0) is 23.6. The molecule has 0 aromatic heterocycles. The van der Waals surface area contributed by atoms with E-state index in [2.05, 4.69) is 5.32 Å². The number of rotatable bonds is 9. The number of esters is 1. The van der Waals surface area contributed by atoms with Crippen LogP contribution < -0.4 is 5.32 Å². The first-order valence-electron chi connectivity index (χ1n) is 10.7. The van der Waals surface area contributed by atoms with Crippen LogP contribution in [0.3, 0.4) is 0 Å². The van der Waals surface area contributed by atoms with Gasteiger partial charge in [0.05, 0.1) is 0 Å². The van der Waals surface area contributed by atoms with Crippen LogP contribution in [0.5, 0.6) is 0 Å². The fourth-order valence-electron chi connectivity index (χ4n) is 3.02. The molecule has 0 aliphatic heterocycles. The standard InChI is InChI=1S/C25H32N2O4S/c1-19(28)32-18-17-27(16-15-20-11-7-5-8-12-20)24(30)26-22(21-13-9-6-10-14-21)23(29)31-25(2,3)4/h5-14,22H,15-18H2,1-4H3,(H,26,30). The smallest absolute Gasteiger partial charge is 0.333 e. The van der Waals surface area contributed by atoms with Gasteiger partial charge in [-0.2, -0.15) is 0 Å². The van der Waals surface area contributed by atoms with E-state index < -0.39 is 17.6 Å². The number of nitrogens with one attached hydrogen (secondary N) is 1. The molecule has 2 aromatic rings. The van der Waals surface area contributed by atoms with Crippen LogP contribution in [-0.2, 0) is 20.7 Å². The molecule has 0 heterocycles. The van der Waals surface area contributed by atoms with Gasteiger partial charge in [-0.1, -0.05) is 72.4 Å². The lowest BCUT2D eigenvalue weighted by Gasteiger charge is -2.28. The molecule has 0 saturated carbocycles. The highest BCUT2D eigenvalue weighted by Gasteiger charge is 2.29. The van der Waals surface area contributed by atoms with E-state index in [0.717, 1.165) is 5.56 Å². The van der Waals surface area contributed by atoms with Crippen molar-refractivity contribution in [2.75, 3.05) is 18.8 Å². The van der Waals surface area contributed by atoms with E-state index >= 15 is 0 Å².